The Morgan fingerprint density at radius 2 is 2.08 bits per heavy atom. The van der Waals surface area contributed by atoms with Crippen LogP contribution in [0.1, 0.15) is 33.6 Å². The maximum atomic E-state index is 9.20. The van der Waals surface area contributed by atoms with E-state index in [1.54, 1.807) is 0 Å². The van der Waals surface area contributed by atoms with Crippen molar-refractivity contribution in [2.75, 3.05) is 24.7 Å². The zero-order valence-electron chi connectivity index (χ0n) is 9.10. The Labute approximate surface area is 86.5 Å². The molecule has 0 aliphatic carbocycles. The summed E-state index contributed by atoms with van der Waals surface area (Å²) < 4.78 is 0. The zero-order valence-corrected chi connectivity index (χ0v) is 9.91. The lowest BCUT2D eigenvalue weighted by Crippen LogP contribution is -2.45. The maximum absolute atomic E-state index is 9.20. The summed E-state index contributed by atoms with van der Waals surface area (Å²) >= 11 is 1.97. The van der Waals surface area contributed by atoms with Gasteiger partial charge in [0.05, 0.1) is 6.61 Å². The SMILES string of the molecule is CCNC(C)(CO)CCCSCC. The van der Waals surface area contributed by atoms with Crippen LogP contribution in [-0.2, 0) is 0 Å². The first kappa shape index (κ1) is 13.3. The minimum Gasteiger partial charge on any atom is -0.394 e. The zero-order chi connectivity index (χ0) is 10.2. The van der Waals surface area contributed by atoms with Crippen LogP contribution in [0, 0.1) is 0 Å². The molecule has 0 aromatic heterocycles. The van der Waals surface area contributed by atoms with E-state index in [2.05, 4.69) is 26.1 Å². The van der Waals surface area contributed by atoms with Gasteiger partial charge in [-0.15, -0.1) is 0 Å². The molecule has 0 rings (SSSR count). The Bertz CT molecular complexity index is 121. The van der Waals surface area contributed by atoms with Crippen LogP contribution in [0.15, 0.2) is 0 Å². The van der Waals surface area contributed by atoms with Gasteiger partial charge >= 0.3 is 0 Å². The fourth-order valence-corrected chi connectivity index (χ4v) is 2.00. The van der Waals surface area contributed by atoms with Gasteiger partial charge in [0, 0.05) is 5.54 Å². The van der Waals surface area contributed by atoms with Crippen molar-refractivity contribution >= 4 is 11.8 Å². The first-order valence-electron chi connectivity index (χ1n) is 5.12. The number of nitrogens with one attached hydrogen (secondary N) is 1. The summed E-state index contributed by atoms with van der Waals surface area (Å²) in [4.78, 5) is 0. The molecular formula is C10H23NOS. The van der Waals surface area contributed by atoms with Gasteiger partial charge in [0.2, 0.25) is 0 Å². The number of hydrogen-bond donors (Lipinski definition) is 2. The molecule has 0 radical (unpaired) electrons. The van der Waals surface area contributed by atoms with Gasteiger partial charge < -0.3 is 10.4 Å². The highest BCUT2D eigenvalue weighted by molar-refractivity contribution is 7.99. The van der Waals surface area contributed by atoms with Gasteiger partial charge in [0.25, 0.3) is 0 Å². The molecule has 0 heterocycles. The highest BCUT2D eigenvalue weighted by atomic mass is 32.2. The molecule has 0 saturated heterocycles. The number of aliphatic hydroxyl groups is 1. The molecule has 0 fully saturated rings. The van der Waals surface area contributed by atoms with E-state index >= 15 is 0 Å². The molecule has 0 aromatic carbocycles. The Hall–Kier alpha value is 0.270. The van der Waals surface area contributed by atoms with Crippen LogP contribution in [0.2, 0.25) is 0 Å². The van der Waals surface area contributed by atoms with Crippen LogP contribution in [0.3, 0.4) is 0 Å². The summed E-state index contributed by atoms with van der Waals surface area (Å²) in [6.45, 7) is 7.51. The molecular weight excluding hydrogens is 182 g/mol. The summed E-state index contributed by atoms with van der Waals surface area (Å²) in [7, 11) is 0. The predicted molar refractivity (Wildman–Crippen MR) is 61.4 cm³/mol. The molecule has 0 aliphatic rings. The molecule has 0 amide bonds. The van der Waals surface area contributed by atoms with Crippen molar-refractivity contribution in [3.05, 3.63) is 0 Å². The smallest absolute Gasteiger partial charge is 0.0610 e. The molecule has 0 aromatic rings. The summed E-state index contributed by atoms with van der Waals surface area (Å²) in [5.74, 6) is 2.40. The van der Waals surface area contributed by atoms with Crippen LogP contribution in [0.5, 0.6) is 0 Å². The van der Waals surface area contributed by atoms with E-state index in [0.29, 0.717) is 0 Å². The maximum Gasteiger partial charge on any atom is 0.0610 e. The third-order valence-electron chi connectivity index (χ3n) is 2.17. The lowest BCUT2D eigenvalue weighted by atomic mass is 9.97. The van der Waals surface area contributed by atoms with Crippen molar-refractivity contribution in [2.45, 2.75) is 39.2 Å². The average Bonchev–Trinajstić information content (AvgIpc) is 2.13. The largest absolute Gasteiger partial charge is 0.394 e. The number of likely N-dealkylation sites (N-methyl/N-ethyl adjacent to an activating group) is 1. The second-order valence-electron chi connectivity index (χ2n) is 3.55. The molecule has 13 heavy (non-hydrogen) atoms. The van der Waals surface area contributed by atoms with Gasteiger partial charge in [-0.05, 0) is 37.8 Å². The highest BCUT2D eigenvalue weighted by Gasteiger charge is 2.20. The Kier molecular flexibility index (Phi) is 7.81. The van der Waals surface area contributed by atoms with Crippen LogP contribution < -0.4 is 5.32 Å². The van der Waals surface area contributed by atoms with Gasteiger partial charge in [-0.3, -0.25) is 0 Å². The lowest BCUT2D eigenvalue weighted by molar-refractivity contribution is 0.167. The van der Waals surface area contributed by atoms with Gasteiger partial charge in [-0.1, -0.05) is 13.8 Å². The van der Waals surface area contributed by atoms with Crippen molar-refractivity contribution in [3.63, 3.8) is 0 Å². The van der Waals surface area contributed by atoms with E-state index in [9.17, 15) is 5.11 Å². The van der Waals surface area contributed by atoms with Crippen LogP contribution >= 0.6 is 11.8 Å². The molecule has 2 nitrogen and oxygen atoms in total. The van der Waals surface area contributed by atoms with Gasteiger partial charge in [-0.2, -0.15) is 11.8 Å². The topological polar surface area (TPSA) is 32.3 Å². The first-order chi connectivity index (χ1) is 6.18. The molecule has 2 N–H and O–H groups in total. The van der Waals surface area contributed by atoms with Crippen LogP contribution in [0.25, 0.3) is 0 Å². The first-order valence-corrected chi connectivity index (χ1v) is 6.27. The minimum absolute atomic E-state index is 0.0664. The molecule has 1 unspecified atom stereocenters. The average molecular weight is 205 g/mol. The normalized spacial score (nSPS) is 15.7. The summed E-state index contributed by atoms with van der Waals surface area (Å²) in [5.41, 5.74) is -0.0664. The lowest BCUT2D eigenvalue weighted by Gasteiger charge is -2.28. The predicted octanol–water partition coefficient (Wildman–Crippen LogP) is 1.88. The Morgan fingerprint density at radius 3 is 2.54 bits per heavy atom. The number of thioether (sulfide) groups is 1. The second kappa shape index (κ2) is 7.65. The standard InChI is InChI=1S/C10H23NOS/c1-4-11-10(3,9-12)7-6-8-13-5-2/h11-12H,4-9H2,1-3H3. The van der Waals surface area contributed by atoms with E-state index in [-0.39, 0.29) is 12.1 Å². The fourth-order valence-electron chi connectivity index (χ4n) is 1.36. The highest BCUT2D eigenvalue weighted by Crippen LogP contribution is 2.14. The fraction of sp³-hybridized carbons (Fsp3) is 1.00. The molecule has 1 atom stereocenters. The number of aliphatic hydroxyl groups excluding tert-OH is 1. The third-order valence-corrected chi connectivity index (χ3v) is 3.16. The number of rotatable bonds is 8. The molecule has 3 heteroatoms. The summed E-state index contributed by atoms with van der Waals surface area (Å²) in [6.07, 6.45) is 2.24. The minimum atomic E-state index is -0.0664. The third kappa shape index (κ3) is 6.36. The van der Waals surface area contributed by atoms with Crippen molar-refractivity contribution < 1.29 is 5.11 Å². The molecule has 0 bridgehead atoms. The quantitative estimate of drug-likeness (QED) is 0.593. The Morgan fingerprint density at radius 1 is 1.38 bits per heavy atom. The van der Waals surface area contributed by atoms with Crippen LogP contribution in [0.4, 0.5) is 0 Å². The molecule has 0 spiro atoms. The monoisotopic (exact) mass is 205 g/mol. The van der Waals surface area contributed by atoms with E-state index in [1.165, 1.54) is 17.9 Å². The number of hydrogen-bond acceptors (Lipinski definition) is 3. The van der Waals surface area contributed by atoms with Crippen LogP contribution in [-0.4, -0.2) is 35.3 Å². The van der Waals surface area contributed by atoms with Crippen molar-refractivity contribution in [1.29, 1.82) is 0 Å². The van der Waals surface area contributed by atoms with Crippen molar-refractivity contribution in [3.8, 4) is 0 Å². The van der Waals surface area contributed by atoms with E-state index in [1.807, 2.05) is 11.8 Å². The second-order valence-corrected chi connectivity index (χ2v) is 4.94. The molecule has 80 valence electrons. The van der Waals surface area contributed by atoms with E-state index in [4.69, 9.17) is 0 Å². The van der Waals surface area contributed by atoms with Gasteiger partial charge in [0.15, 0.2) is 0 Å². The Balaban J connectivity index is 3.57. The van der Waals surface area contributed by atoms with Gasteiger partial charge in [0.1, 0.15) is 0 Å². The van der Waals surface area contributed by atoms with Gasteiger partial charge in [-0.25, -0.2) is 0 Å². The van der Waals surface area contributed by atoms with E-state index < -0.39 is 0 Å². The van der Waals surface area contributed by atoms with E-state index in [0.717, 1.165) is 13.0 Å². The summed E-state index contributed by atoms with van der Waals surface area (Å²) in [5, 5.41) is 12.5. The van der Waals surface area contributed by atoms with Crippen molar-refractivity contribution in [2.24, 2.45) is 0 Å². The molecule has 0 aliphatic heterocycles. The van der Waals surface area contributed by atoms with Crippen molar-refractivity contribution in [1.82, 2.24) is 5.32 Å². The molecule has 0 saturated carbocycles. The summed E-state index contributed by atoms with van der Waals surface area (Å²) in [6, 6.07) is 0.